The van der Waals surface area contributed by atoms with Crippen molar-refractivity contribution < 1.29 is 23.9 Å². The minimum absolute atomic E-state index is 0.158. The first-order valence-corrected chi connectivity index (χ1v) is 16.3. The summed E-state index contributed by atoms with van der Waals surface area (Å²) in [5.74, 6) is -0.854. The number of carbonyl (C=O) groups excluding carboxylic acids is 3. The topological polar surface area (TPSA) is 101 Å². The largest absolute Gasteiger partial charge is 0.467 e. The summed E-state index contributed by atoms with van der Waals surface area (Å²) in [6.45, 7) is 5.50. The molecule has 4 aromatic rings. The van der Waals surface area contributed by atoms with Gasteiger partial charge in [-0.15, -0.1) is 0 Å². The van der Waals surface area contributed by atoms with Gasteiger partial charge in [0.2, 0.25) is 5.91 Å². The van der Waals surface area contributed by atoms with Crippen LogP contribution in [-0.2, 0) is 25.5 Å². The average Bonchev–Trinajstić information content (AvgIpc) is 3.44. The van der Waals surface area contributed by atoms with E-state index in [2.05, 4.69) is 16.4 Å². The summed E-state index contributed by atoms with van der Waals surface area (Å²) < 4.78 is 11.1. The minimum atomic E-state index is -1.06. The lowest BCUT2D eigenvalue weighted by molar-refractivity contribution is -0.146. The highest BCUT2D eigenvalue weighted by Gasteiger charge is 2.48. The molecular weight excluding hydrogens is 578 g/mol. The van der Waals surface area contributed by atoms with E-state index < -0.39 is 35.7 Å². The van der Waals surface area contributed by atoms with E-state index in [0.717, 1.165) is 65.4 Å². The van der Waals surface area contributed by atoms with E-state index in [1.165, 1.54) is 7.11 Å². The first-order chi connectivity index (χ1) is 22.1. The van der Waals surface area contributed by atoms with Crippen molar-refractivity contribution >= 4 is 28.9 Å². The summed E-state index contributed by atoms with van der Waals surface area (Å²) in [7, 11) is 1.31. The number of aromatic nitrogens is 1. The molecule has 46 heavy (non-hydrogen) atoms. The maximum absolute atomic E-state index is 14.5. The number of aromatic amines is 1. The fourth-order valence-electron chi connectivity index (χ4n) is 7.14. The standard InChI is InChI=1S/C38H43N3O5/c1-38(2,3)46-37(44)41-31(23-29-28-17-11-12-18-30(28)39-33(29)34(41)27-15-9-6-10-16-27)35(42)40-32(36(43)45-4)26-21-19-25(20-22-26)24-13-7-5-8-14-24/h5,7-8,11-14,17-22,27,31-32,34,39H,6,9-10,15-16,23H2,1-4H3,(H,40,42)/t31-,32?,34-/m1/s1. The minimum Gasteiger partial charge on any atom is -0.467 e. The Kier molecular flexibility index (Phi) is 8.89. The van der Waals surface area contributed by atoms with Gasteiger partial charge in [0.25, 0.3) is 0 Å². The van der Waals surface area contributed by atoms with Crippen LogP contribution in [0.1, 0.15) is 81.8 Å². The molecule has 1 aliphatic carbocycles. The number of carbonyl (C=O) groups is 3. The van der Waals surface area contributed by atoms with Crippen molar-refractivity contribution in [2.75, 3.05) is 7.11 Å². The molecule has 6 rings (SSSR count). The van der Waals surface area contributed by atoms with Crippen LogP contribution in [0.25, 0.3) is 22.0 Å². The molecule has 8 nitrogen and oxygen atoms in total. The van der Waals surface area contributed by atoms with Crippen molar-refractivity contribution in [2.45, 2.75) is 83.0 Å². The molecule has 1 aromatic heterocycles. The summed E-state index contributed by atoms with van der Waals surface area (Å²) in [6.07, 6.45) is 4.95. The van der Waals surface area contributed by atoms with Crippen molar-refractivity contribution in [3.8, 4) is 11.1 Å². The van der Waals surface area contributed by atoms with Crippen LogP contribution in [0.5, 0.6) is 0 Å². The maximum Gasteiger partial charge on any atom is 0.411 e. The van der Waals surface area contributed by atoms with Gasteiger partial charge < -0.3 is 19.8 Å². The van der Waals surface area contributed by atoms with Gasteiger partial charge in [-0.3, -0.25) is 9.69 Å². The van der Waals surface area contributed by atoms with Crippen LogP contribution in [0, 0.1) is 5.92 Å². The lowest BCUT2D eigenvalue weighted by Gasteiger charge is -2.45. The van der Waals surface area contributed by atoms with Gasteiger partial charge in [0.05, 0.1) is 13.2 Å². The monoisotopic (exact) mass is 621 g/mol. The Balaban J connectivity index is 1.39. The number of nitrogens with zero attached hydrogens (tertiary/aromatic N) is 1. The molecule has 0 radical (unpaired) electrons. The van der Waals surface area contributed by atoms with Crippen LogP contribution in [0.2, 0.25) is 0 Å². The number of hydrogen-bond donors (Lipinski definition) is 2. The van der Waals surface area contributed by atoms with Gasteiger partial charge in [0.15, 0.2) is 6.04 Å². The fraction of sp³-hybridized carbons (Fsp3) is 0.395. The molecule has 8 heteroatoms. The summed E-state index contributed by atoms with van der Waals surface area (Å²) in [5.41, 5.74) is 4.86. The second-order valence-corrected chi connectivity index (χ2v) is 13.5. The molecule has 240 valence electrons. The Bertz CT molecular complexity index is 1700. The number of rotatable bonds is 6. The zero-order valence-corrected chi connectivity index (χ0v) is 27.0. The first kappa shape index (κ1) is 31.4. The van der Waals surface area contributed by atoms with Crippen LogP contribution in [-0.4, -0.2) is 46.6 Å². The van der Waals surface area contributed by atoms with E-state index in [0.29, 0.717) is 5.56 Å². The molecule has 1 aliphatic heterocycles. The lowest BCUT2D eigenvalue weighted by atomic mass is 9.78. The second kappa shape index (κ2) is 13.0. The maximum atomic E-state index is 14.5. The molecule has 0 spiro atoms. The molecule has 2 aliphatic rings. The van der Waals surface area contributed by atoms with Gasteiger partial charge in [-0.1, -0.05) is 92.1 Å². The number of ether oxygens (including phenoxy) is 2. The van der Waals surface area contributed by atoms with E-state index in [9.17, 15) is 14.4 Å². The summed E-state index contributed by atoms with van der Waals surface area (Å²) in [6, 6.07) is 23.2. The van der Waals surface area contributed by atoms with Crippen molar-refractivity contribution in [2.24, 2.45) is 5.92 Å². The third-order valence-corrected chi connectivity index (χ3v) is 9.25. The highest BCUT2D eigenvalue weighted by atomic mass is 16.6. The number of H-pyrrole nitrogens is 1. The highest BCUT2D eigenvalue weighted by Crippen LogP contribution is 2.46. The quantitative estimate of drug-likeness (QED) is 0.216. The number of methoxy groups -OCH3 is 1. The fourth-order valence-corrected chi connectivity index (χ4v) is 7.14. The van der Waals surface area contributed by atoms with Gasteiger partial charge in [-0.2, -0.15) is 0 Å². The van der Waals surface area contributed by atoms with Crippen LogP contribution in [0.4, 0.5) is 4.79 Å². The Morgan fingerprint density at radius 1 is 0.870 bits per heavy atom. The first-order valence-electron chi connectivity index (χ1n) is 16.3. The van der Waals surface area contributed by atoms with Gasteiger partial charge in [-0.25, -0.2) is 9.59 Å². The Morgan fingerprint density at radius 3 is 2.20 bits per heavy atom. The number of benzene rings is 3. The number of hydrogen-bond acceptors (Lipinski definition) is 5. The third-order valence-electron chi connectivity index (χ3n) is 9.25. The van der Waals surface area contributed by atoms with E-state index >= 15 is 0 Å². The van der Waals surface area contributed by atoms with E-state index in [4.69, 9.17) is 9.47 Å². The molecule has 0 bridgehead atoms. The van der Waals surface area contributed by atoms with Crippen LogP contribution < -0.4 is 5.32 Å². The van der Waals surface area contributed by atoms with E-state index in [1.807, 2.05) is 93.6 Å². The molecule has 3 aromatic carbocycles. The van der Waals surface area contributed by atoms with E-state index in [1.54, 1.807) is 4.90 Å². The number of para-hydroxylation sites is 1. The predicted molar refractivity (Wildman–Crippen MR) is 178 cm³/mol. The predicted octanol–water partition coefficient (Wildman–Crippen LogP) is 7.65. The van der Waals surface area contributed by atoms with Gasteiger partial charge >= 0.3 is 12.1 Å². The Hall–Kier alpha value is -4.59. The molecular formula is C38H43N3O5. The SMILES string of the molecule is COC(=O)C(NC(=O)[C@H]1Cc2c([nH]c3ccccc23)[C@@H](C2CCCCC2)N1C(=O)OC(C)(C)C)c1ccc(-c2ccccc2)cc1. The molecule has 1 saturated carbocycles. The molecule has 1 fully saturated rings. The molecule has 2 amide bonds. The Morgan fingerprint density at radius 2 is 1.52 bits per heavy atom. The smallest absolute Gasteiger partial charge is 0.411 e. The average molecular weight is 622 g/mol. The third kappa shape index (κ3) is 6.39. The van der Waals surface area contributed by atoms with Crippen molar-refractivity contribution in [3.05, 3.63) is 95.7 Å². The van der Waals surface area contributed by atoms with E-state index in [-0.39, 0.29) is 18.4 Å². The van der Waals surface area contributed by atoms with Crippen LogP contribution in [0.15, 0.2) is 78.9 Å². The van der Waals surface area contributed by atoms with Gasteiger partial charge in [0, 0.05) is 23.0 Å². The lowest BCUT2D eigenvalue weighted by Crippen LogP contribution is -2.57. The van der Waals surface area contributed by atoms with Crippen molar-refractivity contribution in [1.29, 1.82) is 0 Å². The number of amides is 2. The highest BCUT2D eigenvalue weighted by molar-refractivity contribution is 5.93. The molecule has 0 saturated heterocycles. The second-order valence-electron chi connectivity index (χ2n) is 13.5. The van der Waals surface area contributed by atoms with Gasteiger partial charge in [0.1, 0.15) is 11.6 Å². The Labute approximate surface area is 270 Å². The van der Waals surface area contributed by atoms with Crippen molar-refractivity contribution in [1.82, 2.24) is 15.2 Å². The zero-order valence-electron chi connectivity index (χ0n) is 27.0. The summed E-state index contributed by atoms with van der Waals surface area (Å²) in [4.78, 5) is 47.1. The number of esters is 1. The summed E-state index contributed by atoms with van der Waals surface area (Å²) in [5, 5.41) is 4.02. The molecule has 3 atom stereocenters. The molecule has 2 heterocycles. The normalized spacial score (nSPS) is 19.3. The number of nitrogens with one attached hydrogen (secondary N) is 2. The summed E-state index contributed by atoms with van der Waals surface area (Å²) >= 11 is 0. The van der Waals surface area contributed by atoms with Crippen LogP contribution in [0.3, 0.4) is 0 Å². The molecule has 1 unspecified atom stereocenters. The number of fused-ring (bicyclic) bond motifs is 3. The van der Waals surface area contributed by atoms with Crippen molar-refractivity contribution in [3.63, 3.8) is 0 Å². The van der Waals surface area contributed by atoms with Crippen LogP contribution >= 0.6 is 0 Å². The zero-order chi connectivity index (χ0) is 32.4. The van der Waals surface area contributed by atoms with Gasteiger partial charge in [-0.05, 0) is 67.9 Å². The molecule has 2 N–H and O–H groups in total.